The molecule has 32 heavy (non-hydrogen) atoms. The van der Waals surface area contributed by atoms with Crippen LogP contribution in [0.4, 0.5) is 5.82 Å². The fourth-order valence-electron chi connectivity index (χ4n) is 4.34. The SMILES string of the molecule is CN=C(NCc1cccnc1N1CCN(C)CC1)NC1CC(C)(C)Oc2ccccc21.I. The van der Waals surface area contributed by atoms with Crippen LogP contribution in [-0.2, 0) is 6.54 Å². The molecule has 3 heterocycles. The topological polar surface area (TPSA) is 65.0 Å². The number of piperazine rings is 1. The molecule has 8 heteroatoms. The Morgan fingerprint density at radius 2 is 1.91 bits per heavy atom. The third-order valence-electron chi connectivity index (χ3n) is 6.03. The van der Waals surface area contributed by atoms with Crippen LogP contribution in [0, 0.1) is 0 Å². The summed E-state index contributed by atoms with van der Waals surface area (Å²) in [6.07, 6.45) is 2.75. The van der Waals surface area contributed by atoms with Gasteiger partial charge in [0, 0.05) is 63.5 Å². The summed E-state index contributed by atoms with van der Waals surface area (Å²) in [4.78, 5) is 13.9. The van der Waals surface area contributed by atoms with E-state index in [9.17, 15) is 0 Å². The van der Waals surface area contributed by atoms with E-state index in [-0.39, 0.29) is 35.6 Å². The summed E-state index contributed by atoms with van der Waals surface area (Å²) in [7, 11) is 3.99. The number of hydrogen-bond acceptors (Lipinski definition) is 5. The number of rotatable bonds is 4. The number of pyridine rings is 1. The monoisotopic (exact) mass is 550 g/mol. The van der Waals surface area contributed by atoms with Crippen LogP contribution >= 0.6 is 24.0 Å². The Hall–Kier alpha value is -2.07. The number of nitrogens with one attached hydrogen (secondary N) is 2. The maximum atomic E-state index is 6.17. The highest BCUT2D eigenvalue weighted by atomic mass is 127. The maximum Gasteiger partial charge on any atom is 0.191 e. The molecule has 0 bridgehead atoms. The highest BCUT2D eigenvalue weighted by molar-refractivity contribution is 14.0. The van der Waals surface area contributed by atoms with Gasteiger partial charge in [-0.3, -0.25) is 4.99 Å². The molecular weight excluding hydrogens is 515 g/mol. The van der Waals surface area contributed by atoms with E-state index >= 15 is 0 Å². The first-order valence-corrected chi connectivity index (χ1v) is 11.1. The molecule has 1 atom stereocenters. The molecule has 4 rings (SSSR count). The van der Waals surface area contributed by atoms with Gasteiger partial charge in [-0.05, 0) is 33.0 Å². The fourth-order valence-corrected chi connectivity index (χ4v) is 4.34. The van der Waals surface area contributed by atoms with E-state index in [0.29, 0.717) is 6.54 Å². The molecule has 2 aliphatic heterocycles. The van der Waals surface area contributed by atoms with Crippen LogP contribution < -0.4 is 20.3 Å². The van der Waals surface area contributed by atoms with Crippen molar-refractivity contribution in [3.05, 3.63) is 53.7 Å². The largest absolute Gasteiger partial charge is 0.487 e. The van der Waals surface area contributed by atoms with Gasteiger partial charge in [-0.15, -0.1) is 24.0 Å². The molecule has 1 aromatic heterocycles. The van der Waals surface area contributed by atoms with Crippen molar-refractivity contribution in [3.63, 3.8) is 0 Å². The van der Waals surface area contributed by atoms with Crippen LogP contribution in [0.1, 0.15) is 37.4 Å². The van der Waals surface area contributed by atoms with E-state index < -0.39 is 0 Å². The first-order valence-electron chi connectivity index (χ1n) is 11.1. The minimum Gasteiger partial charge on any atom is -0.487 e. The zero-order valence-electron chi connectivity index (χ0n) is 19.5. The number of fused-ring (bicyclic) bond motifs is 1. The van der Waals surface area contributed by atoms with Crippen LogP contribution in [0.5, 0.6) is 5.75 Å². The van der Waals surface area contributed by atoms with Gasteiger partial charge in [0.05, 0.1) is 6.04 Å². The highest BCUT2D eigenvalue weighted by Gasteiger charge is 2.34. The van der Waals surface area contributed by atoms with E-state index in [1.165, 1.54) is 11.1 Å². The second kappa shape index (κ2) is 10.7. The van der Waals surface area contributed by atoms with Crippen molar-refractivity contribution >= 4 is 35.8 Å². The lowest BCUT2D eigenvalue weighted by atomic mass is 9.90. The Kier molecular flexibility index (Phi) is 8.21. The van der Waals surface area contributed by atoms with Crippen LogP contribution in [0.15, 0.2) is 47.6 Å². The Morgan fingerprint density at radius 1 is 1.16 bits per heavy atom. The standard InChI is InChI=1S/C24H34N6O.HI/c1-24(2)16-20(19-9-5-6-10-21(19)31-24)28-23(25-3)27-17-18-8-7-11-26-22(18)30-14-12-29(4)13-15-30;/h5-11,20H,12-17H2,1-4H3,(H2,25,27,28);1H. The lowest BCUT2D eigenvalue weighted by molar-refractivity contribution is 0.0694. The molecule has 1 aromatic carbocycles. The molecule has 1 saturated heterocycles. The number of hydrogen-bond donors (Lipinski definition) is 2. The zero-order chi connectivity index (χ0) is 21.8. The van der Waals surface area contributed by atoms with E-state index in [0.717, 1.165) is 50.1 Å². The Labute approximate surface area is 208 Å². The van der Waals surface area contributed by atoms with Crippen LogP contribution in [-0.4, -0.2) is 61.7 Å². The third-order valence-corrected chi connectivity index (χ3v) is 6.03. The van der Waals surface area contributed by atoms with Crippen molar-refractivity contribution in [2.45, 2.75) is 38.5 Å². The molecule has 0 amide bonds. The van der Waals surface area contributed by atoms with Gasteiger partial charge in [0.15, 0.2) is 5.96 Å². The van der Waals surface area contributed by atoms with Gasteiger partial charge in [-0.1, -0.05) is 24.3 Å². The molecule has 0 aliphatic carbocycles. The molecule has 0 radical (unpaired) electrons. The van der Waals surface area contributed by atoms with Gasteiger partial charge >= 0.3 is 0 Å². The van der Waals surface area contributed by atoms with Gasteiger partial charge in [0.25, 0.3) is 0 Å². The summed E-state index contributed by atoms with van der Waals surface area (Å²) in [5.74, 6) is 2.79. The zero-order valence-corrected chi connectivity index (χ0v) is 21.8. The van der Waals surface area contributed by atoms with E-state index in [2.05, 4.69) is 69.5 Å². The number of likely N-dealkylation sites (N-methyl/N-ethyl adjacent to an activating group) is 1. The number of aliphatic imine (C=N–C) groups is 1. The first-order chi connectivity index (χ1) is 14.9. The van der Waals surface area contributed by atoms with Crippen LogP contribution in [0.3, 0.4) is 0 Å². The number of nitrogens with zero attached hydrogens (tertiary/aromatic N) is 4. The highest BCUT2D eigenvalue weighted by Crippen LogP contribution is 2.39. The number of ether oxygens (including phenoxy) is 1. The van der Waals surface area contributed by atoms with Gasteiger partial charge in [-0.2, -0.15) is 0 Å². The van der Waals surface area contributed by atoms with Crippen molar-refractivity contribution in [1.82, 2.24) is 20.5 Å². The molecule has 0 saturated carbocycles. The molecule has 2 aliphatic rings. The number of anilines is 1. The normalized spacial score (nSPS) is 20.6. The molecule has 7 nitrogen and oxygen atoms in total. The van der Waals surface area contributed by atoms with Gasteiger partial charge in [0.2, 0.25) is 0 Å². The summed E-state index contributed by atoms with van der Waals surface area (Å²) in [6, 6.07) is 12.5. The molecule has 0 spiro atoms. The van der Waals surface area contributed by atoms with Crippen molar-refractivity contribution in [3.8, 4) is 5.75 Å². The smallest absolute Gasteiger partial charge is 0.191 e. The Morgan fingerprint density at radius 3 is 2.66 bits per heavy atom. The second-order valence-electron chi connectivity index (χ2n) is 9.00. The predicted octanol–water partition coefficient (Wildman–Crippen LogP) is 3.42. The Balaban J connectivity index is 0.00000289. The lowest BCUT2D eigenvalue weighted by Gasteiger charge is -2.38. The number of para-hydroxylation sites is 1. The number of guanidine groups is 1. The van der Waals surface area contributed by atoms with Gasteiger partial charge in [-0.25, -0.2) is 4.98 Å². The minimum absolute atomic E-state index is 0. The average molecular weight is 550 g/mol. The molecular formula is C24H35IN6O. The minimum atomic E-state index is -0.233. The second-order valence-corrected chi connectivity index (χ2v) is 9.00. The fraction of sp³-hybridized carbons (Fsp3) is 0.500. The summed E-state index contributed by atoms with van der Waals surface area (Å²) >= 11 is 0. The van der Waals surface area contributed by atoms with Gasteiger partial charge in [0.1, 0.15) is 17.2 Å². The summed E-state index contributed by atoms with van der Waals surface area (Å²) in [6.45, 7) is 9.06. The lowest BCUT2D eigenvalue weighted by Crippen LogP contribution is -2.46. The first kappa shape index (κ1) is 24.6. The third kappa shape index (κ3) is 5.83. The van der Waals surface area contributed by atoms with Crippen molar-refractivity contribution in [1.29, 1.82) is 0 Å². The van der Waals surface area contributed by atoms with E-state index in [1.54, 1.807) is 0 Å². The summed E-state index contributed by atoms with van der Waals surface area (Å²) < 4.78 is 6.17. The van der Waals surface area contributed by atoms with Crippen molar-refractivity contribution < 1.29 is 4.74 Å². The van der Waals surface area contributed by atoms with Crippen LogP contribution in [0.25, 0.3) is 0 Å². The Bertz CT molecular complexity index is 926. The number of benzene rings is 1. The van der Waals surface area contributed by atoms with Crippen LogP contribution in [0.2, 0.25) is 0 Å². The molecule has 1 fully saturated rings. The van der Waals surface area contributed by atoms with Crippen molar-refractivity contribution in [2.24, 2.45) is 4.99 Å². The summed E-state index contributed by atoms with van der Waals surface area (Å²) in [5.41, 5.74) is 2.12. The van der Waals surface area contributed by atoms with E-state index in [1.807, 2.05) is 31.4 Å². The maximum absolute atomic E-state index is 6.17. The average Bonchev–Trinajstić information content (AvgIpc) is 2.76. The summed E-state index contributed by atoms with van der Waals surface area (Å²) in [5, 5.41) is 7.11. The van der Waals surface area contributed by atoms with Crippen molar-refractivity contribution in [2.75, 3.05) is 45.2 Å². The molecule has 1 unspecified atom stereocenters. The predicted molar refractivity (Wildman–Crippen MR) is 141 cm³/mol. The molecule has 2 aromatic rings. The number of halogens is 1. The molecule has 174 valence electrons. The number of aromatic nitrogens is 1. The van der Waals surface area contributed by atoms with Gasteiger partial charge < -0.3 is 25.2 Å². The molecule has 2 N–H and O–H groups in total. The van der Waals surface area contributed by atoms with E-state index in [4.69, 9.17) is 4.74 Å². The quantitative estimate of drug-likeness (QED) is 0.346.